The van der Waals surface area contributed by atoms with E-state index in [1.54, 1.807) is 0 Å². The highest BCUT2D eigenvalue weighted by atomic mass is 32.1. The van der Waals surface area contributed by atoms with Crippen LogP contribution in [0.2, 0.25) is 0 Å². The number of amides is 1. The van der Waals surface area contributed by atoms with Crippen LogP contribution in [0.1, 0.15) is 41.9 Å². The summed E-state index contributed by atoms with van der Waals surface area (Å²) in [5.74, 6) is -0.163. The Balaban J connectivity index is 2.33. The van der Waals surface area contributed by atoms with E-state index >= 15 is 0 Å². The van der Waals surface area contributed by atoms with E-state index < -0.39 is 5.54 Å². The van der Waals surface area contributed by atoms with Crippen molar-refractivity contribution in [2.45, 2.75) is 39.2 Å². The van der Waals surface area contributed by atoms with Gasteiger partial charge in [-0.25, -0.2) is 0 Å². The molecule has 0 aliphatic rings. The lowest BCUT2D eigenvalue weighted by molar-refractivity contribution is 0.0891. The number of nitrogens with two attached hydrogens (primary N) is 1. The molecule has 0 saturated heterocycles. The summed E-state index contributed by atoms with van der Waals surface area (Å²) in [4.78, 5) is 13.1. The number of carbonyl (C=O) groups is 1. The molecule has 1 aromatic heterocycles. The van der Waals surface area contributed by atoms with Crippen LogP contribution in [0, 0.1) is 6.92 Å². The van der Waals surface area contributed by atoms with Crippen LogP contribution < -0.4 is 11.1 Å². The molecule has 0 saturated carbocycles. The average Bonchev–Trinajstić information content (AvgIpc) is 2.75. The first-order valence-corrected chi connectivity index (χ1v) is 7.94. The molecule has 4 N–H and O–H groups in total. The van der Waals surface area contributed by atoms with Gasteiger partial charge in [-0.1, -0.05) is 19.1 Å². The summed E-state index contributed by atoms with van der Waals surface area (Å²) in [6, 6.07) is 5.99. The highest BCUT2D eigenvalue weighted by molar-refractivity contribution is 7.21. The standard InChI is InChI=1S/C16H22N2O2S/c1-4-16(3,7-8-19)18-15(20)14-13(17)11-6-5-10(2)9-12(11)21-14/h5-6,9,19H,4,7-8,17H2,1-3H3,(H,18,20). The van der Waals surface area contributed by atoms with Crippen LogP contribution in [-0.4, -0.2) is 23.2 Å². The van der Waals surface area contributed by atoms with Crippen LogP contribution in [0.25, 0.3) is 10.1 Å². The smallest absolute Gasteiger partial charge is 0.263 e. The zero-order valence-corrected chi connectivity index (χ0v) is 13.5. The van der Waals surface area contributed by atoms with Crippen LogP contribution in [0.3, 0.4) is 0 Å². The zero-order valence-electron chi connectivity index (χ0n) is 12.7. The first-order valence-electron chi connectivity index (χ1n) is 7.12. The molecule has 1 amide bonds. The van der Waals surface area contributed by atoms with Gasteiger partial charge in [0, 0.05) is 22.2 Å². The third-order valence-corrected chi connectivity index (χ3v) is 5.12. The maximum absolute atomic E-state index is 12.5. The lowest BCUT2D eigenvalue weighted by Gasteiger charge is -2.28. The summed E-state index contributed by atoms with van der Waals surface area (Å²) in [5, 5.41) is 13.1. The summed E-state index contributed by atoms with van der Waals surface area (Å²) in [6.45, 7) is 6.00. The predicted octanol–water partition coefficient (Wildman–Crippen LogP) is 3.07. The monoisotopic (exact) mass is 306 g/mol. The molecule has 1 heterocycles. The van der Waals surface area contributed by atoms with Gasteiger partial charge in [0.2, 0.25) is 0 Å². The molecule has 2 rings (SSSR count). The van der Waals surface area contributed by atoms with Crippen molar-refractivity contribution in [1.29, 1.82) is 0 Å². The minimum Gasteiger partial charge on any atom is -0.397 e. The molecule has 4 nitrogen and oxygen atoms in total. The maximum Gasteiger partial charge on any atom is 0.263 e. The predicted molar refractivity (Wildman–Crippen MR) is 88.8 cm³/mol. The molecule has 0 aliphatic heterocycles. The van der Waals surface area contributed by atoms with Crippen molar-refractivity contribution in [1.82, 2.24) is 5.32 Å². The van der Waals surface area contributed by atoms with Crippen LogP contribution in [-0.2, 0) is 0 Å². The van der Waals surface area contributed by atoms with Gasteiger partial charge in [0.25, 0.3) is 5.91 Å². The number of nitrogen functional groups attached to an aromatic ring is 1. The first kappa shape index (κ1) is 15.8. The zero-order chi connectivity index (χ0) is 15.6. The number of aryl methyl sites for hydroxylation is 1. The summed E-state index contributed by atoms with van der Waals surface area (Å²) >= 11 is 1.42. The highest BCUT2D eigenvalue weighted by Gasteiger charge is 2.26. The average molecular weight is 306 g/mol. The van der Waals surface area contributed by atoms with E-state index in [2.05, 4.69) is 5.32 Å². The fraction of sp³-hybridized carbons (Fsp3) is 0.438. The summed E-state index contributed by atoms with van der Waals surface area (Å²) < 4.78 is 1.03. The first-order chi connectivity index (χ1) is 9.90. The van der Waals surface area contributed by atoms with Crippen molar-refractivity contribution in [3.8, 4) is 0 Å². The van der Waals surface area contributed by atoms with Gasteiger partial charge < -0.3 is 16.2 Å². The minimum atomic E-state index is -0.412. The van der Waals surface area contributed by atoms with Crippen molar-refractivity contribution in [2.75, 3.05) is 12.3 Å². The van der Waals surface area contributed by atoms with E-state index in [4.69, 9.17) is 10.8 Å². The number of thiophene rings is 1. The fourth-order valence-electron chi connectivity index (χ4n) is 2.30. The number of nitrogens with one attached hydrogen (secondary N) is 1. The normalized spacial score (nSPS) is 14.1. The largest absolute Gasteiger partial charge is 0.397 e. The van der Waals surface area contributed by atoms with E-state index in [1.807, 2.05) is 39.0 Å². The van der Waals surface area contributed by atoms with Gasteiger partial charge in [0.05, 0.1) is 5.69 Å². The molecule has 21 heavy (non-hydrogen) atoms. The molecular formula is C16H22N2O2S. The van der Waals surface area contributed by atoms with E-state index in [1.165, 1.54) is 11.3 Å². The number of aliphatic hydroxyl groups is 1. The topological polar surface area (TPSA) is 75.3 Å². The highest BCUT2D eigenvalue weighted by Crippen LogP contribution is 2.34. The number of anilines is 1. The lowest BCUT2D eigenvalue weighted by atomic mass is 9.95. The van der Waals surface area contributed by atoms with Crippen molar-refractivity contribution in [2.24, 2.45) is 0 Å². The molecule has 0 radical (unpaired) electrons. The van der Waals surface area contributed by atoms with E-state index in [-0.39, 0.29) is 12.5 Å². The van der Waals surface area contributed by atoms with Crippen LogP contribution >= 0.6 is 11.3 Å². The Labute approximate surface area is 129 Å². The Morgan fingerprint density at radius 2 is 2.19 bits per heavy atom. The number of benzene rings is 1. The molecule has 1 atom stereocenters. The molecule has 2 aromatic rings. The second kappa shape index (κ2) is 6.03. The van der Waals surface area contributed by atoms with Crippen LogP contribution in [0.4, 0.5) is 5.69 Å². The van der Waals surface area contributed by atoms with Crippen LogP contribution in [0.15, 0.2) is 18.2 Å². The van der Waals surface area contributed by atoms with Crippen molar-refractivity contribution < 1.29 is 9.90 Å². The molecule has 5 heteroatoms. The van der Waals surface area contributed by atoms with Gasteiger partial charge in [0.15, 0.2) is 0 Å². The Morgan fingerprint density at radius 1 is 1.48 bits per heavy atom. The Kier molecular flexibility index (Phi) is 4.54. The summed E-state index contributed by atoms with van der Waals surface area (Å²) in [6.07, 6.45) is 1.28. The number of hydrogen-bond donors (Lipinski definition) is 3. The Hall–Kier alpha value is -1.59. The Morgan fingerprint density at radius 3 is 2.81 bits per heavy atom. The Bertz CT molecular complexity index is 666. The van der Waals surface area contributed by atoms with Gasteiger partial charge in [-0.2, -0.15) is 0 Å². The fourth-order valence-corrected chi connectivity index (χ4v) is 3.41. The van der Waals surface area contributed by atoms with Crippen molar-refractivity contribution in [3.05, 3.63) is 28.6 Å². The van der Waals surface area contributed by atoms with E-state index in [9.17, 15) is 4.79 Å². The van der Waals surface area contributed by atoms with Gasteiger partial charge in [0.1, 0.15) is 4.88 Å². The summed E-state index contributed by atoms with van der Waals surface area (Å²) in [7, 11) is 0. The number of carbonyl (C=O) groups excluding carboxylic acids is 1. The molecule has 114 valence electrons. The molecular weight excluding hydrogens is 284 g/mol. The molecule has 1 aromatic carbocycles. The SMILES string of the molecule is CCC(C)(CCO)NC(=O)c1sc2cc(C)ccc2c1N. The van der Waals surface area contributed by atoms with Gasteiger partial charge in [-0.3, -0.25) is 4.79 Å². The third-order valence-electron chi connectivity index (χ3n) is 3.95. The summed E-state index contributed by atoms with van der Waals surface area (Å²) in [5.41, 5.74) is 7.40. The molecule has 1 unspecified atom stereocenters. The van der Waals surface area contributed by atoms with E-state index in [0.717, 1.165) is 22.1 Å². The molecule has 0 bridgehead atoms. The molecule has 0 fully saturated rings. The number of fused-ring (bicyclic) bond motifs is 1. The number of rotatable bonds is 5. The number of aliphatic hydroxyl groups excluding tert-OH is 1. The molecule has 0 spiro atoms. The van der Waals surface area contributed by atoms with Gasteiger partial charge >= 0.3 is 0 Å². The lowest BCUT2D eigenvalue weighted by Crippen LogP contribution is -2.46. The minimum absolute atomic E-state index is 0.0473. The third kappa shape index (κ3) is 3.19. The van der Waals surface area contributed by atoms with Crippen molar-refractivity contribution in [3.63, 3.8) is 0 Å². The van der Waals surface area contributed by atoms with Gasteiger partial charge in [-0.05, 0) is 38.3 Å². The maximum atomic E-state index is 12.5. The quantitative estimate of drug-likeness (QED) is 0.794. The molecule has 0 aliphatic carbocycles. The number of hydrogen-bond acceptors (Lipinski definition) is 4. The second-order valence-electron chi connectivity index (χ2n) is 5.69. The van der Waals surface area contributed by atoms with Crippen LogP contribution in [0.5, 0.6) is 0 Å². The van der Waals surface area contributed by atoms with Gasteiger partial charge in [-0.15, -0.1) is 11.3 Å². The van der Waals surface area contributed by atoms with Crippen molar-refractivity contribution >= 4 is 33.0 Å². The van der Waals surface area contributed by atoms with E-state index in [0.29, 0.717) is 17.0 Å². The second-order valence-corrected chi connectivity index (χ2v) is 6.74.